The van der Waals surface area contributed by atoms with Gasteiger partial charge in [-0.15, -0.1) is 10.2 Å². The van der Waals surface area contributed by atoms with E-state index in [0.29, 0.717) is 4.47 Å². The van der Waals surface area contributed by atoms with Crippen molar-refractivity contribution in [3.8, 4) is 0 Å². The third-order valence-electron chi connectivity index (χ3n) is 1.12. The molecule has 0 spiro atoms. The molecule has 5 heteroatoms. The Morgan fingerprint density at radius 2 is 2.25 bits per heavy atom. The van der Waals surface area contributed by atoms with Gasteiger partial charge < -0.3 is 0 Å². The van der Waals surface area contributed by atoms with Gasteiger partial charge in [0.2, 0.25) is 4.47 Å². The van der Waals surface area contributed by atoms with Gasteiger partial charge in [-0.1, -0.05) is 25.2 Å². The lowest BCUT2D eigenvalue weighted by molar-refractivity contribution is 0.750. The molecule has 68 valence electrons. The van der Waals surface area contributed by atoms with E-state index in [4.69, 9.17) is 11.6 Å². The van der Waals surface area contributed by atoms with Crippen LogP contribution in [-0.2, 0) is 5.75 Å². The Bertz CT molecular complexity index is 237. The van der Waals surface area contributed by atoms with Crippen LogP contribution in [0.15, 0.2) is 0 Å². The van der Waals surface area contributed by atoms with Gasteiger partial charge in [0.15, 0.2) is 0 Å². The first-order valence-electron chi connectivity index (χ1n) is 3.74. The van der Waals surface area contributed by atoms with Crippen molar-refractivity contribution >= 4 is 34.7 Å². The standard InChI is InChI=1S/C7H11ClN2S2/c1-5(2)3-11-4-6-9-10-7(8)12-6/h5H,3-4H2,1-2H3. The van der Waals surface area contributed by atoms with Crippen LogP contribution >= 0.6 is 34.7 Å². The second-order valence-electron chi connectivity index (χ2n) is 2.86. The molecule has 0 aromatic carbocycles. The maximum absolute atomic E-state index is 5.64. The molecule has 0 bridgehead atoms. The van der Waals surface area contributed by atoms with E-state index in [1.54, 1.807) is 0 Å². The van der Waals surface area contributed by atoms with Gasteiger partial charge in [0.25, 0.3) is 0 Å². The smallest absolute Gasteiger partial charge is 0.154 e. The topological polar surface area (TPSA) is 25.8 Å². The van der Waals surface area contributed by atoms with Gasteiger partial charge >= 0.3 is 0 Å². The first-order chi connectivity index (χ1) is 5.68. The van der Waals surface area contributed by atoms with Gasteiger partial charge in [-0.2, -0.15) is 11.8 Å². The Balaban J connectivity index is 2.24. The number of hydrogen-bond acceptors (Lipinski definition) is 4. The Labute approximate surface area is 85.7 Å². The second-order valence-corrected chi connectivity index (χ2v) is 5.53. The first kappa shape index (κ1) is 10.3. The minimum absolute atomic E-state index is 0.537. The predicted octanol–water partition coefficient (Wildman–Crippen LogP) is 3.08. The van der Waals surface area contributed by atoms with Gasteiger partial charge in [0.05, 0.1) is 0 Å². The molecule has 0 aliphatic carbocycles. The largest absolute Gasteiger partial charge is 0.207 e. The number of hydrogen-bond donors (Lipinski definition) is 0. The minimum atomic E-state index is 0.537. The summed E-state index contributed by atoms with van der Waals surface area (Å²) in [5, 5.41) is 8.68. The first-order valence-corrected chi connectivity index (χ1v) is 6.09. The highest BCUT2D eigenvalue weighted by atomic mass is 35.5. The van der Waals surface area contributed by atoms with Crippen molar-refractivity contribution in [3.05, 3.63) is 9.47 Å². The highest BCUT2D eigenvalue weighted by Crippen LogP contribution is 2.20. The maximum Gasteiger partial charge on any atom is 0.207 e. The number of aromatic nitrogens is 2. The van der Waals surface area contributed by atoms with Crippen molar-refractivity contribution in [1.82, 2.24) is 10.2 Å². The van der Waals surface area contributed by atoms with Crippen LogP contribution in [0.1, 0.15) is 18.9 Å². The molecule has 0 atom stereocenters. The van der Waals surface area contributed by atoms with Gasteiger partial charge in [-0.3, -0.25) is 0 Å². The van der Waals surface area contributed by atoms with Gasteiger partial charge in [-0.05, 0) is 23.3 Å². The molecule has 2 nitrogen and oxygen atoms in total. The van der Waals surface area contributed by atoms with E-state index in [0.717, 1.165) is 22.4 Å². The van der Waals surface area contributed by atoms with Crippen molar-refractivity contribution in [2.24, 2.45) is 5.92 Å². The highest BCUT2D eigenvalue weighted by Gasteiger charge is 2.02. The van der Waals surface area contributed by atoms with Crippen LogP contribution in [0.5, 0.6) is 0 Å². The number of halogens is 1. The zero-order chi connectivity index (χ0) is 8.97. The summed E-state index contributed by atoms with van der Waals surface area (Å²) in [4.78, 5) is 0. The molecule has 1 aromatic rings. The molecule has 1 aromatic heterocycles. The van der Waals surface area contributed by atoms with Crippen LogP contribution in [0, 0.1) is 5.92 Å². The molecule has 0 aliphatic rings. The monoisotopic (exact) mass is 222 g/mol. The predicted molar refractivity (Wildman–Crippen MR) is 55.9 cm³/mol. The van der Waals surface area contributed by atoms with Crippen molar-refractivity contribution in [1.29, 1.82) is 0 Å². The molecule has 0 radical (unpaired) electrons. The van der Waals surface area contributed by atoms with Crippen LogP contribution in [0.4, 0.5) is 0 Å². The second kappa shape index (κ2) is 5.04. The average molecular weight is 223 g/mol. The fourth-order valence-corrected chi connectivity index (χ4v) is 2.64. The van der Waals surface area contributed by atoms with Crippen LogP contribution in [0.3, 0.4) is 0 Å². The Morgan fingerprint density at radius 1 is 1.50 bits per heavy atom. The highest BCUT2D eigenvalue weighted by molar-refractivity contribution is 7.98. The minimum Gasteiger partial charge on any atom is -0.154 e. The van der Waals surface area contributed by atoms with E-state index in [9.17, 15) is 0 Å². The zero-order valence-electron chi connectivity index (χ0n) is 7.08. The Morgan fingerprint density at radius 3 is 2.75 bits per heavy atom. The Kier molecular flexibility index (Phi) is 4.32. The molecule has 1 rings (SSSR count). The molecule has 0 saturated heterocycles. The third kappa shape index (κ3) is 3.74. The van der Waals surface area contributed by atoms with E-state index < -0.39 is 0 Å². The average Bonchev–Trinajstić information content (AvgIpc) is 2.35. The van der Waals surface area contributed by atoms with Crippen molar-refractivity contribution in [2.75, 3.05) is 5.75 Å². The summed E-state index contributed by atoms with van der Waals surface area (Å²) in [5.74, 6) is 2.83. The lowest BCUT2D eigenvalue weighted by Gasteiger charge is -2.00. The zero-order valence-corrected chi connectivity index (χ0v) is 9.47. The van der Waals surface area contributed by atoms with Crippen LogP contribution in [0.25, 0.3) is 0 Å². The lowest BCUT2D eigenvalue weighted by atomic mass is 10.3. The fourth-order valence-electron chi connectivity index (χ4n) is 0.673. The SMILES string of the molecule is CC(C)CSCc1nnc(Cl)s1. The molecular weight excluding hydrogens is 212 g/mol. The van der Waals surface area contributed by atoms with E-state index >= 15 is 0 Å². The van der Waals surface area contributed by atoms with Crippen LogP contribution in [0.2, 0.25) is 4.47 Å². The molecule has 0 saturated carbocycles. The Hall–Kier alpha value is 0.200. The van der Waals surface area contributed by atoms with E-state index in [1.807, 2.05) is 11.8 Å². The summed E-state index contributed by atoms with van der Waals surface area (Å²) in [5.41, 5.74) is 0. The molecule has 0 N–H and O–H groups in total. The van der Waals surface area contributed by atoms with Crippen molar-refractivity contribution in [3.63, 3.8) is 0 Å². The normalized spacial score (nSPS) is 11.0. The molecular formula is C7H11ClN2S2. The molecule has 1 heterocycles. The maximum atomic E-state index is 5.64. The van der Waals surface area contributed by atoms with Gasteiger partial charge in [0, 0.05) is 5.75 Å². The lowest BCUT2D eigenvalue weighted by Crippen LogP contribution is -1.91. The van der Waals surface area contributed by atoms with E-state index in [1.165, 1.54) is 11.3 Å². The van der Waals surface area contributed by atoms with Gasteiger partial charge in [-0.25, -0.2) is 0 Å². The molecule has 0 fully saturated rings. The molecule has 0 unspecified atom stereocenters. The summed E-state index contributed by atoms with van der Waals surface area (Å²) in [6, 6.07) is 0. The third-order valence-corrected chi connectivity index (χ3v) is 3.70. The summed E-state index contributed by atoms with van der Waals surface area (Å²) in [6.45, 7) is 4.42. The fraction of sp³-hybridized carbons (Fsp3) is 0.714. The van der Waals surface area contributed by atoms with Crippen LogP contribution in [-0.4, -0.2) is 16.0 Å². The van der Waals surface area contributed by atoms with Crippen molar-refractivity contribution < 1.29 is 0 Å². The summed E-state index contributed by atoms with van der Waals surface area (Å²) < 4.78 is 0.537. The van der Waals surface area contributed by atoms with Crippen molar-refractivity contribution in [2.45, 2.75) is 19.6 Å². The quantitative estimate of drug-likeness (QED) is 0.783. The summed E-state index contributed by atoms with van der Waals surface area (Å²) in [7, 11) is 0. The number of thioether (sulfide) groups is 1. The molecule has 12 heavy (non-hydrogen) atoms. The van der Waals surface area contributed by atoms with Crippen LogP contribution < -0.4 is 0 Å². The molecule has 0 amide bonds. The van der Waals surface area contributed by atoms with E-state index in [-0.39, 0.29) is 0 Å². The summed E-state index contributed by atoms with van der Waals surface area (Å²) >= 11 is 8.98. The van der Waals surface area contributed by atoms with E-state index in [2.05, 4.69) is 24.0 Å². The number of nitrogens with zero attached hydrogens (tertiary/aromatic N) is 2. The molecule has 0 aliphatic heterocycles. The number of rotatable bonds is 4. The summed E-state index contributed by atoms with van der Waals surface area (Å²) in [6.07, 6.45) is 0. The van der Waals surface area contributed by atoms with Gasteiger partial charge in [0.1, 0.15) is 5.01 Å².